The van der Waals surface area contributed by atoms with E-state index in [0.29, 0.717) is 37.6 Å². The predicted octanol–water partition coefficient (Wildman–Crippen LogP) is 6.06. The number of allylic oxidation sites excluding steroid dienone is 1. The summed E-state index contributed by atoms with van der Waals surface area (Å²) >= 11 is 0. The molecule has 1 aromatic carbocycles. The molecule has 0 saturated carbocycles. The number of imidazole rings is 1. The highest BCUT2D eigenvalue weighted by Crippen LogP contribution is 2.39. The van der Waals surface area contributed by atoms with Crippen molar-refractivity contribution in [1.82, 2.24) is 24.0 Å². The molecule has 1 aliphatic heterocycles. The fraction of sp³-hybridized carbons (Fsp3) is 0.364. The van der Waals surface area contributed by atoms with E-state index in [9.17, 15) is 18.0 Å². The molecule has 4 aromatic rings. The van der Waals surface area contributed by atoms with Gasteiger partial charge in [0.2, 0.25) is 0 Å². The first-order valence-corrected chi connectivity index (χ1v) is 14.4. The maximum absolute atomic E-state index is 14.4. The molecule has 4 heterocycles. The van der Waals surface area contributed by atoms with Crippen molar-refractivity contribution in [2.24, 2.45) is 12.5 Å². The number of alkyl halides is 3. The molecular weight excluding hydrogens is 553 g/mol. The molecule has 3 aromatic heterocycles. The van der Waals surface area contributed by atoms with E-state index < -0.39 is 17.4 Å². The third-order valence-corrected chi connectivity index (χ3v) is 8.45. The van der Waals surface area contributed by atoms with E-state index in [1.807, 2.05) is 25.4 Å². The van der Waals surface area contributed by atoms with Crippen molar-refractivity contribution in [3.63, 3.8) is 0 Å². The van der Waals surface area contributed by atoms with Gasteiger partial charge in [-0.2, -0.15) is 13.2 Å². The molecule has 2 aliphatic rings. The lowest BCUT2D eigenvalue weighted by Crippen LogP contribution is -2.45. The molecular formula is C33H35F3N6O. The van der Waals surface area contributed by atoms with Crippen molar-refractivity contribution in [1.29, 1.82) is 0 Å². The molecule has 1 saturated heterocycles. The maximum Gasteiger partial charge on any atom is 0.418 e. The third-order valence-electron chi connectivity index (χ3n) is 8.45. The molecule has 1 aliphatic carbocycles. The van der Waals surface area contributed by atoms with Crippen LogP contribution in [0.25, 0.3) is 34.3 Å². The summed E-state index contributed by atoms with van der Waals surface area (Å²) in [6, 6.07) is 9.96. The van der Waals surface area contributed by atoms with Gasteiger partial charge < -0.3 is 14.4 Å². The van der Waals surface area contributed by atoms with Crippen LogP contribution in [-0.2, 0) is 19.6 Å². The zero-order valence-electron chi connectivity index (χ0n) is 25.0. The van der Waals surface area contributed by atoms with E-state index in [0.717, 1.165) is 34.9 Å². The van der Waals surface area contributed by atoms with Gasteiger partial charge in [-0.1, -0.05) is 32.4 Å². The van der Waals surface area contributed by atoms with Crippen LogP contribution < -0.4 is 10.6 Å². The first-order chi connectivity index (χ1) is 20.3. The maximum atomic E-state index is 14.4. The monoisotopic (exact) mass is 588 g/mol. The van der Waals surface area contributed by atoms with Crippen LogP contribution in [0.15, 0.2) is 65.4 Å². The average molecular weight is 589 g/mol. The number of aromatic nitrogens is 4. The highest BCUT2D eigenvalue weighted by atomic mass is 19.4. The summed E-state index contributed by atoms with van der Waals surface area (Å²) in [6.07, 6.45) is 3.52. The Morgan fingerprint density at radius 3 is 2.33 bits per heavy atom. The predicted molar refractivity (Wildman–Crippen MR) is 163 cm³/mol. The number of benzene rings is 1. The number of aryl methyl sites for hydroxylation is 1. The van der Waals surface area contributed by atoms with Crippen molar-refractivity contribution in [3.05, 3.63) is 87.9 Å². The summed E-state index contributed by atoms with van der Waals surface area (Å²) in [7, 11) is 3.54. The number of pyridine rings is 2. The smallest absolute Gasteiger partial charge is 0.368 e. The Morgan fingerprint density at radius 2 is 1.63 bits per heavy atom. The van der Waals surface area contributed by atoms with Crippen LogP contribution in [0.3, 0.4) is 0 Å². The van der Waals surface area contributed by atoms with Gasteiger partial charge >= 0.3 is 11.9 Å². The van der Waals surface area contributed by atoms with Gasteiger partial charge in [0, 0.05) is 69.5 Å². The van der Waals surface area contributed by atoms with Crippen LogP contribution in [0, 0.1) is 5.41 Å². The molecule has 43 heavy (non-hydrogen) atoms. The second kappa shape index (κ2) is 10.5. The van der Waals surface area contributed by atoms with E-state index in [1.165, 1.54) is 20.8 Å². The zero-order chi connectivity index (χ0) is 30.7. The molecule has 1 fully saturated rings. The quantitative estimate of drug-likeness (QED) is 0.290. The second-order valence-corrected chi connectivity index (χ2v) is 12.5. The van der Waals surface area contributed by atoms with Crippen molar-refractivity contribution in [2.75, 3.05) is 38.1 Å². The molecule has 224 valence electrons. The van der Waals surface area contributed by atoms with Crippen molar-refractivity contribution < 1.29 is 13.2 Å². The summed E-state index contributed by atoms with van der Waals surface area (Å²) in [5.41, 5.74) is 5.17. The first-order valence-electron chi connectivity index (χ1n) is 14.4. The Hall–Kier alpha value is -4.18. The van der Waals surface area contributed by atoms with E-state index >= 15 is 0 Å². The molecule has 0 radical (unpaired) electrons. The Balaban J connectivity index is 1.40. The number of nitrogens with zero attached hydrogens (tertiary/aromatic N) is 6. The normalized spacial score (nSPS) is 16.0. The van der Waals surface area contributed by atoms with E-state index in [4.69, 9.17) is 4.98 Å². The lowest BCUT2D eigenvalue weighted by molar-refractivity contribution is -0.137. The molecule has 0 unspecified atom stereocenters. The molecule has 0 atom stereocenters. The van der Waals surface area contributed by atoms with Gasteiger partial charge in [0.15, 0.2) is 0 Å². The first kappa shape index (κ1) is 28.9. The number of rotatable bonds is 4. The molecule has 0 amide bonds. The number of halogens is 3. The molecule has 0 spiro atoms. The number of likely N-dealkylation sites (N-methyl/N-ethyl adjacent to an activating group) is 1. The van der Waals surface area contributed by atoms with E-state index in [2.05, 4.69) is 42.8 Å². The second-order valence-electron chi connectivity index (χ2n) is 12.5. The van der Waals surface area contributed by atoms with Crippen LogP contribution in [0.2, 0.25) is 0 Å². The summed E-state index contributed by atoms with van der Waals surface area (Å²) in [5.74, 6) is 0. The Labute approximate surface area is 248 Å². The van der Waals surface area contributed by atoms with Gasteiger partial charge in [-0.25, -0.2) is 4.79 Å². The van der Waals surface area contributed by atoms with Gasteiger partial charge in [0.25, 0.3) is 0 Å². The van der Waals surface area contributed by atoms with Gasteiger partial charge in [0.1, 0.15) is 0 Å². The van der Waals surface area contributed by atoms with Crippen LogP contribution in [0.1, 0.15) is 37.6 Å². The number of hydrogen-bond donors (Lipinski definition) is 0. The third kappa shape index (κ3) is 5.51. The Morgan fingerprint density at radius 1 is 0.884 bits per heavy atom. The van der Waals surface area contributed by atoms with Crippen molar-refractivity contribution >= 4 is 11.8 Å². The summed E-state index contributed by atoms with van der Waals surface area (Å²) < 4.78 is 45.8. The van der Waals surface area contributed by atoms with Gasteiger partial charge in [-0.15, -0.1) is 0 Å². The average Bonchev–Trinajstić information content (AvgIpc) is 3.53. The molecule has 0 N–H and O–H groups in total. The van der Waals surface area contributed by atoms with Gasteiger partial charge in [0.05, 0.1) is 28.3 Å². The largest absolute Gasteiger partial charge is 0.418 e. The fourth-order valence-corrected chi connectivity index (χ4v) is 5.79. The Bertz CT molecular complexity index is 1790. The minimum Gasteiger partial charge on any atom is -0.368 e. The molecule has 7 nitrogen and oxygen atoms in total. The van der Waals surface area contributed by atoms with Crippen molar-refractivity contribution in [2.45, 2.75) is 33.4 Å². The van der Waals surface area contributed by atoms with Crippen LogP contribution >= 0.6 is 0 Å². The molecule has 10 heteroatoms. The van der Waals surface area contributed by atoms with E-state index in [1.54, 1.807) is 30.4 Å². The lowest BCUT2D eigenvalue weighted by atomic mass is 9.86. The van der Waals surface area contributed by atoms with Gasteiger partial charge in [-0.3, -0.25) is 14.5 Å². The SMILES string of the molecule is CN1CCN(c2ccc(-n3c(-c4cc(-c5cnc6c(c5)C=C(C(C)(C)C)C6)ccn4)cn(C)c3=O)cc2C(F)(F)F)CC1. The van der Waals surface area contributed by atoms with Gasteiger partial charge in [-0.05, 0) is 60.0 Å². The number of anilines is 1. The topological polar surface area (TPSA) is 59.2 Å². The van der Waals surface area contributed by atoms with Crippen LogP contribution in [0.4, 0.5) is 18.9 Å². The standard InChI is InChI=1S/C33H35F3N6O/c1-32(2,3)24-15-22-14-23(19-38-27(22)17-24)21-8-9-37-28(16-21)30-20-40(5)31(43)42(30)25-6-7-29(26(18-25)33(34,35)36)41-12-10-39(4)11-13-41/h6-9,14-16,18-20H,10-13,17H2,1-5H3. The van der Waals surface area contributed by atoms with Crippen LogP contribution in [0.5, 0.6) is 0 Å². The lowest BCUT2D eigenvalue weighted by Gasteiger charge is -2.35. The zero-order valence-corrected chi connectivity index (χ0v) is 25.0. The van der Waals surface area contributed by atoms with Crippen LogP contribution in [-0.4, -0.2) is 57.2 Å². The highest BCUT2D eigenvalue weighted by Gasteiger charge is 2.36. The number of fused-ring (bicyclic) bond motifs is 1. The summed E-state index contributed by atoms with van der Waals surface area (Å²) in [6.45, 7) is 8.93. The number of hydrogen-bond acceptors (Lipinski definition) is 5. The van der Waals surface area contributed by atoms with E-state index in [-0.39, 0.29) is 16.8 Å². The highest BCUT2D eigenvalue weighted by molar-refractivity contribution is 5.74. The Kier molecular flexibility index (Phi) is 7.07. The van der Waals surface area contributed by atoms with Crippen molar-refractivity contribution in [3.8, 4) is 28.2 Å². The minimum absolute atomic E-state index is 0.0519. The minimum atomic E-state index is -4.59. The molecule has 0 bridgehead atoms. The summed E-state index contributed by atoms with van der Waals surface area (Å²) in [5, 5.41) is 0. The summed E-state index contributed by atoms with van der Waals surface area (Å²) in [4.78, 5) is 26.4. The molecule has 6 rings (SSSR count). The fourth-order valence-electron chi connectivity index (χ4n) is 5.79. The number of piperazine rings is 1.